The first-order chi connectivity index (χ1) is 18.2. The normalized spacial score (nSPS) is 23.9. The summed E-state index contributed by atoms with van der Waals surface area (Å²) >= 11 is 0. The Labute approximate surface area is 264 Å². The van der Waals surface area contributed by atoms with Crippen LogP contribution >= 0.6 is 0 Å². The van der Waals surface area contributed by atoms with Crippen molar-refractivity contribution in [1.29, 1.82) is 0 Å². The van der Waals surface area contributed by atoms with Gasteiger partial charge in [-0.25, -0.2) is 0 Å². The summed E-state index contributed by atoms with van der Waals surface area (Å²) in [6, 6.07) is 0. The summed E-state index contributed by atoms with van der Waals surface area (Å²) in [5.74, 6) is 2.78. The predicted octanol–water partition coefficient (Wildman–Crippen LogP) is 4.07. The molecule has 2 atom stereocenters. The number of rotatable bonds is 8. The third kappa shape index (κ3) is 17.2. The first-order valence-electron chi connectivity index (χ1n) is 16.2. The smallest absolute Gasteiger partial charge is 0.0150 e. The number of nitrogens with zero attached hydrogens (tertiary/aromatic N) is 2. The maximum atomic E-state index is 6.13. The number of hydrogen-bond acceptors (Lipinski definition) is 8. The number of nitrogens with one attached hydrogen (secondary N) is 2. The Kier molecular flexibility index (Phi) is 20.1. The third-order valence-electron chi connectivity index (χ3n) is 9.46. The number of unbranched alkanes of at least 4 members (excludes halogenated alkanes) is 2. The molecular weight excluding hydrogens is 520 g/mol. The second-order valence-electron chi connectivity index (χ2n) is 15.7. The highest BCUT2D eigenvalue weighted by atomic mass is 15.2. The van der Waals surface area contributed by atoms with Gasteiger partial charge in [-0.15, -0.1) is 0 Å². The maximum absolute atomic E-state index is 6.13. The van der Waals surface area contributed by atoms with Crippen molar-refractivity contribution in [3.8, 4) is 0 Å². The van der Waals surface area contributed by atoms with Gasteiger partial charge in [0.05, 0.1) is 0 Å². The Hall–Kier alpha value is -0.320. The molecule has 0 spiro atoms. The molecule has 0 bridgehead atoms. The van der Waals surface area contributed by atoms with Gasteiger partial charge in [0.15, 0.2) is 0 Å². The summed E-state index contributed by atoms with van der Waals surface area (Å²) < 4.78 is 0. The van der Waals surface area contributed by atoms with E-state index in [-0.39, 0.29) is 37.0 Å². The van der Waals surface area contributed by atoms with Gasteiger partial charge < -0.3 is 43.4 Å². The Morgan fingerprint density at radius 2 is 1.10 bits per heavy atom. The maximum Gasteiger partial charge on any atom is 0.0150 e. The van der Waals surface area contributed by atoms with Gasteiger partial charge in [-0.05, 0) is 120 Å². The minimum atomic E-state index is 0. The summed E-state index contributed by atoms with van der Waals surface area (Å²) in [6.45, 7) is 29.7. The van der Waals surface area contributed by atoms with Crippen molar-refractivity contribution < 1.29 is 0 Å². The molecule has 42 heavy (non-hydrogen) atoms. The lowest BCUT2D eigenvalue weighted by Crippen LogP contribution is -2.57. The molecule has 8 heteroatoms. The molecule has 8 nitrogen and oxygen atoms in total. The zero-order chi connectivity index (χ0) is 30.8. The second-order valence-corrected chi connectivity index (χ2v) is 15.7. The van der Waals surface area contributed by atoms with Gasteiger partial charge in [0.25, 0.3) is 0 Å². The van der Waals surface area contributed by atoms with E-state index < -0.39 is 0 Å². The highest BCUT2D eigenvalue weighted by Crippen LogP contribution is 2.25. The lowest BCUT2D eigenvalue weighted by Gasteiger charge is -2.44. The molecule has 0 radical (unpaired) electrons. The minimum absolute atomic E-state index is 0. The third-order valence-corrected chi connectivity index (χ3v) is 9.46. The van der Waals surface area contributed by atoms with E-state index in [0.29, 0.717) is 23.7 Å². The Balaban J connectivity index is 0. The van der Waals surface area contributed by atoms with Crippen molar-refractivity contribution in [2.24, 2.45) is 46.6 Å². The van der Waals surface area contributed by atoms with Crippen molar-refractivity contribution in [3.05, 3.63) is 0 Å². The van der Waals surface area contributed by atoms with Crippen LogP contribution in [0.15, 0.2) is 0 Å². The van der Waals surface area contributed by atoms with Gasteiger partial charge >= 0.3 is 0 Å². The van der Waals surface area contributed by atoms with E-state index in [1.54, 1.807) is 0 Å². The van der Waals surface area contributed by atoms with E-state index in [0.717, 1.165) is 26.2 Å². The largest absolute Gasteiger partial charge is 0.325 e. The van der Waals surface area contributed by atoms with Gasteiger partial charge in [-0.2, -0.15) is 0 Å². The molecule has 4 aliphatic rings. The highest BCUT2D eigenvalue weighted by Gasteiger charge is 2.34. The average molecular weight is 601 g/mol. The summed E-state index contributed by atoms with van der Waals surface area (Å²) in [5.41, 5.74) is 23.8. The van der Waals surface area contributed by atoms with Crippen LogP contribution in [-0.4, -0.2) is 97.9 Å². The first-order valence-corrected chi connectivity index (χ1v) is 16.2. The molecule has 2 unspecified atom stereocenters. The van der Waals surface area contributed by atoms with Crippen molar-refractivity contribution in [3.63, 3.8) is 0 Å². The zero-order valence-electron chi connectivity index (χ0n) is 28.4. The molecule has 0 aliphatic carbocycles. The molecule has 4 saturated heterocycles. The number of likely N-dealkylation sites (tertiary alicyclic amines) is 2. The molecule has 4 aliphatic heterocycles. The van der Waals surface area contributed by atoms with Crippen LogP contribution < -0.4 is 33.6 Å². The lowest BCUT2D eigenvalue weighted by atomic mass is 9.83. The van der Waals surface area contributed by atoms with E-state index in [2.05, 4.69) is 89.8 Å². The standard InChI is InChI=1S/C12H26N2.2C7H16N2.C6H14N2.2CH4/c1-4-5-6-8-14-9-7-11(10-14)12(2,3)13;1-7(2,8)6-4-9(3)5-6;1-7(2,8)6-3-4-9-5-6;1-6(2,7)5-3-8-4-5;;/h11H,4-10,13H2,1-3H3;6H,4-5,8H2,1-3H3;6,9H,3-5,8H2,1-2H3;5,8H,3-4,7H2,1-2H3;2*1H4. The van der Waals surface area contributed by atoms with Gasteiger partial charge in [0.2, 0.25) is 0 Å². The van der Waals surface area contributed by atoms with Crippen LogP contribution in [-0.2, 0) is 0 Å². The molecular formula is C34H80N8. The molecule has 10 N–H and O–H groups in total. The first kappa shape index (κ1) is 43.8. The monoisotopic (exact) mass is 601 g/mol. The average Bonchev–Trinajstić information content (AvgIpc) is 3.42. The summed E-state index contributed by atoms with van der Waals surface area (Å²) in [4.78, 5) is 4.87. The molecule has 4 rings (SSSR count). The second kappa shape index (κ2) is 19.3. The molecule has 4 fully saturated rings. The Bertz CT molecular complexity index is 655. The number of nitrogens with two attached hydrogens (primary N) is 4. The van der Waals surface area contributed by atoms with Gasteiger partial charge in [-0.1, -0.05) is 34.6 Å². The SMILES string of the molecule is C.C.CC(C)(N)C1CCNC1.CC(C)(N)C1CNC1.CCCCCN1CCC(C(C)(C)N)C1.CN1CC(C(C)(C)N)C1. The van der Waals surface area contributed by atoms with Crippen LogP contribution in [0.1, 0.15) is 109 Å². The van der Waals surface area contributed by atoms with Crippen LogP contribution in [0.3, 0.4) is 0 Å². The molecule has 4 heterocycles. The molecule has 0 saturated carbocycles. The molecule has 0 aromatic carbocycles. The van der Waals surface area contributed by atoms with Crippen molar-refractivity contribution in [2.75, 3.05) is 66.0 Å². The minimum Gasteiger partial charge on any atom is -0.325 e. The predicted molar refractivity (Wildman–Crippen MR) is 189 cm³/mol. The van der Waals surface area contributed by atoms with Gasteiger partial charge in [0.1, 0.15) is 0 Å². The summed E-state index contributed by atoms with van der Waals surface area (Å²) in [5, 5.41) is 6.49. The summed E-state index contributed by atoms with van der Waals surface area (Å²) in [7, 11) is 2.13. The van der Waals surface area contributed by atoms with Crippen LogP contribution in [0, 0.1) is 23.7 Å². The fourth-order valence-electron chi connectivity index (χ4n) is 5.50. The summed E-state index contributed by atoms with van der Waals surface area (Å²) in [6.07, 6.45) is 6.57. The van der Waals surface area contributed by atoms with Crippen LogP contribution in [0.25, 0.3) is 0 Å². The Morgan fingerprint density at radius 1 is 0.619 bits per heavy atom. The topological polar surface area (TPSA) is 135 Å². The lowest BCUT2D eigenvalue weighted by molar-refractivity contribution is 0.0801. The van der Waals surface area contributed by atoms with Gasteiger partial charge in [-0.3, -0.25) is 0 Å². The number of hydrogen-bond donors (Lipinski definition) is 6. The van der Waals surface area contributed by atoms with E-state index in [1.807, 2.05) is 0 Å². The highest BCUT2D eigenvalue weighted by molar-refractivity contribution is 4.92. The van der Waals surface area contributed by atoms with E-state index in [1.165, 1.54) is 64.8 Å². The van der Waals surface area contributed by atoms with Crippen LogP contribution in [0.5, 0.6) is 0 Å². The molecule has 0 aromatic rings. The fourth-order valence-corrected chi connectivity index (χ4v) is 5.50. The van der Waals surface area contributed by atoms with E-state index >= 15 is 0 Å². The van der Waals surface area contributed by atoms with Crippen LogP contribution in [0.4, 0.5) is 0 Å². The Morgan fingerprint density at radius 3 is 1.33 bits per heavy atom. The molecule has 0 aromatic heterocycles. The van der Waals surface area contributed by atoms with E-state index in [9.17, 15) is 0 Å². The molecule has 256 valence electrons. The van der Waals surface area contributed by atoms with Crippen molar-refractivity contribution >= 4 is 0 Å². The van der Waals surface area contributed by atoms with Crippen molar-refractivity contribution in [2.45, 2.75) is 131 Å². The van der Waals surface area contributed by atoms with Crippen molar-refractivity contribution in [1.82, 2.24) is 20.4 Å². The molecule has 0 amide bonds. The quantitative estimate of drug-likeness (QED) is 0.230. The fraction of sp³-hybridized carbons (Fsp3) is 1.00. The zero-order valence-corrected chi connectivity index (χ0v) is 28.4. The van der Waals surface area contributed by atoms with Crippen LogP contribution in [0.2, 0.25) is 0 Å². The van der Waals surface area contributed by atoms with E-state index in [4.69, 9.17) is 22.9 Å². The van der Waals surface area contributed by atoms with Gasteiger partial charge in [0, 0.05) is 66.7 Å².